The van der Waals surface area contributed by atoms with Gasteiger partial charge in [0.15, 0.2) is 0 Å². The van der Waals surface area contributed by atoms with Crippen LogP contribution in [0.15, 0.2) is 46.1 Å². The maximum absolute atomic E-state index is 12.5. The number of hydrogen-bond acceptors (Lipinski definition) is 4. The minimum Gasteiger partial charge on any atom is -0.311 e. The van der Waals surface area contributed by atoms with Crippen molar-refractivity contribution in [2.75, 3.05) is 5.32 Å². The second-order valence-corrected chi connectivity index (χ2v) is 7.19. The van der Waals surface area contributed by atoms with E-state index >= 15 is 0 Å². The van der Waals surface area contributed by atoms with Gasteiger partial charge in [-0.25, -0.2) is 9.36 Å². The standard InChI is InChI=1S/C20H23N5O3/c26-18(22-17-10-12-21-25(17)14-6-2-1-3-7-14)11-13-24-20(28)16-9-5-4-8-15(16)19(27)23-24/h4-5,8-10,12,14H,1-3,6-7,11,13H2,(H,22,26)(H,23,27). The molecule has 146 valence electrons. The Morgan fingerprint density at radius 2 is 1.86 bits per heavy atom. The number of fused-ring (bicyclic) bond motifs is 1. The summed E-state index contributed by atoms with van der Waals surface area (Å²) in [5.74, 6) is 0.453. The molecule has 2 N–H and O–H groups in total. The molecule has 1 aliphatic carbocycles. The van der Waals surface area contributed by atoms with Gasteiger partial charge in [0.2, 0.25) is 5.91 Å². The Bertz CT molecular complexity index is 1100. The molecule has 1 amide bonds. The molecule has 28 heavy (non-hydrogen) atoms. The van der Waals surface area contributed by atoms with Crippen LogP contribution in [0.3, 0.4) is 0 Å². The Balaban J connectivity index is 1.45. The molecule has 1 fully saturated rings. The molecule has 0 bridgehead atoms. The van der Waals surface area contributed by atoms with Crippen molar-refractivity contribution in [2.45, 2.75) is 51.1 Å². The van der Waals surface area contributed by atoms with Crippen molar-refractivity contribution in [3.8, 4) is 0 Å². The zero-order valence-corrected chi connectivity index (χ0v) is 15.6. The fourth-order valence-corrected chi connectivity index (χ4v) is 3.85. The summed E-state index contributed by atoms with van der Waals surface area (Å²) in [6.07, 6.45) is 7.50. The van der Waals surface area contributed by atoms with Crippen molar-refractivity contribution in [1.82, 2.24) is 19.6 Å². The molecule has 0 aliphatic heterocycles. The van der Waals surface area contributed by atoms with Gasteiger partial charge in [-0.15, -0.1) is 0 Å². The van der Waals surface area contributed by atoms with Crippen LogP contribution >= 0.6 is 0 Å². The van der Waals surface area contributed by atoms with Gasteiger partial charge in [0.25, 0.3) is 11.1 Å². The minimum absolute atomic E-state index is 0.0734. The fraction of sp³-hybridized carbons (Fsp3) is 0.400. The normalized spacial score (nSPS) is 15.0. The van der Waals surface area contributed by atoms with Gasteiger partial charge >= 0.3 is 0 Å². The molecule has 1 aliphatic rings. The van der Waals surface area contributed by atoms with Gasteiger partial charge in [-0.3, -0.25) is 19.5 Å². The number of carbonyl (C=O) groups excluding carboxylic acids is 1. The third kappa shape index (κ3) is 3.62. The van der Waals surface area contributed by atoms with Crippen LogP contribution in [0.25, 0.3) is 10.8 Å². The van der Waals surface area contributed by atoms with E-state index in [0.717, 1.165) is 12.8 Å². The lowest BCUT2D eigenvalue weighted by Gasteiger charge is -2.23. The van der Waals surface area contributed by atoms with Crippen molar-refractivity contribution < 1.29 is 4.79 Å². The van der Waals surface area contributed by atoms with E-state index in [1.807, 2.05) is 4.68 Å². The lowest BCUT2D eigenvalue weighted by atomic mass is 9.96. The number of amides is 1. The minimum atomic E-state index is -0.342. The number of rotatable bonds is 5. The lowest BCUT2D eigenvalue weighted by molar-refractivity contribution is -0.116. The number of nitrogens with one attached hydrogen (secondary N) is 2. The Kier molecular flexibility index (Phi) is 5.10. The van der Waals surface area contributed by atoms with Crippen LogP contribution in [-0.4, -0.2) is 25.5 Å². The highest BCUT2D eigenvalue weighted by Gasteiger charge is 2.19. The van der Waals surface area contributed by atoms with Gasteiger partial charge in [0.1, 0.15) is 5.82 Å². The van der Waals surface area contributed by atoms with Gasteiger partial charge < -0.3 is 5.32 Å². The Morgan fingerprint density at radius 1 is 1.11 bits per heavy atom. The predicted octanol–water partition coefficient (Wildman–Crippen LogP) is 2.42. The van der Waals surface area contributed by atoms with Crippen molar-refractivity contribution in [3.05, 3.63) is 57.2 Å². The molecule has 0 spiro atoms. The monoisotopic (exact) mass is 381 g/mol. The summed E-state index contributed by atoms with van der Waals surface area (Å²) >= 11 is 0. The van der Waals surface area contributed by atoms with Gasteiger partial charge in [-0.1, -0.05) is 31.4 Å². The maximum atomic E-state index is 12.5. The van der Waals surface area contributed by atoms with Crippen LogP contribution in [0.5, 0.6) is 0 Å². The highest BCUT2D eigenvalue weighted by molar-refractivity contribution is 5.89. The third-order valence-electron chi connectivity index (χ3n) is 5.30. The van der Waals surface area contributed by atoms with Crippen LogP contribution in [-0.2, 0) is 11.3 Å². The number of carbonyl (C=O) groups is 1. The Morgan fingerprint density at radius 3 is 2.64 bits per heavy atom. The van der Waals surface area contributed by atoms with E-state index in [-0.39, 0.29) is 30.0 Å². The summed E-state index contributed by atoms with van der Waals surface area (Å²) < 4.78 is 3.09. The largest absolute Gasteiger partial charge is 0.311 e. The van der Waals surface area contributed by atoms with Crippen LogP contribution in [0, 0.1) is 0 Å². The molecule has 1 aromatic carbocycles. The van der Waals surface area contributed by atoms with Crippen LogP contribution in [0.1, 0.15) is 44.6 Å². The van der Waals surface area contributed by atoms with E-state index in [9.17, 15) is 14.4 Å². The number of nitrogens with zero attached hydrogens (tertiary/aromatic N) is 3. The average Bonchev–Trinajstić information content (AvgIpc) is 3.18. The molecule has 0 unspecified atom stereocenters. The van der Waals surface area contributed by atoms with E-state index in [1.54, 1.807) is 36.5 Å². The fourth-order valence-electron chi connectivity index (χ4n) is 3.85. The second kappa shape index (κ2) is 7.84. The number of anilines is 1. The first kappa shape index (κ1) is 18.2. The van der Waals surface area contributed by atoms with E-state index < -0.39 is 0 Å². The van der Waals surface area contributed by atoms with E-state index in [0.29, 0.717) is 22.6 Å². The molecule has 2 heterocycles. The molecule has 3 aromatic rings. The van der Waals surface area contributed by atoms with Gasteiger partial charge in [-0.2, -0.15) is 5.10 Å². The van der Waals surface area contributed by atoms with E-state index in [2.05, 4.69) is 15.5 Å². The molecule has 1 saturated carbocycles. The van der Waals surface area contributed by atoms with E-state index in [4.69, 9.17) is 0 Å². The average molecular weight is 381 g/mol. The van der Waals surface area contributed by atoms with Crippen LogP contribution in [0.2, 0.25) is 0 Å². The zero-order chi connectivity index (χ0) is 19.5. The lowest BCUT2D eigenvalue weighted by Crippen LogP contribution is -2.31. The van der Waals surface area contributed by atoms with Crippen molar-refractivity contribution in [2.24, 2.45) is 0 Å². The molecular weight excluding hydrogens is 358 g/mol. The van der Waals surface area contributed by atoms with Gasteiger partial charge in [-0.05, 0) is 25.0 Å². The molecule has 8 heteroatoms. The quantitative estimate of drug-likeness (QED) is 0.708. The molecule has 0 atom stereocenters. The predicted molar refractivity (Wildman–Crippen MR) is 106 cm³/mol. The summed E-state index contributed by atoms with van der Waals surface area (Å²) in [5, 5.41) is 10.5. The first-order valence-corrected chi connectivity index (χ1v) is 9.69. The van der Waals surface area contributed by atoms with Crippen molar-refractivity contribution >= 4 is 22.5 Å². The van der Waals surface area contributed by atoms with E-state index in [1.165, 1.54) is 23.9 Å². The molecular formula is C20H23N5O3. The first-order chi connectivity index (χ1) is 13.6. The number of aromatic amines is 1. The number of aryl methyl sites for hydroxylation is 1. The van der Waals surface area contributed by atoms with Crippen LogP contribution < -0.4 is 16.4 Å². The summed E-state index contributed by atoms with van der Waals surface area (Å²) in [7, 11) is 0. The zero-order valence-electron chi connectivity index (χ0n) is 15.6. The highest BCUT2D eigenvalue weighted by Crippen LogP contribution is 2.29. The van der Waals surface area contributed by atoms with Gasteiger partial charge in [0.05, 0.1) is 29.6 Å². The molecule has 0 radical (unpaired) electrons. The van der Waals surface area contributed by atoms with Crippen molar-refractivity contribution in [3.63, 3.8) is 0 Å². The first-order valence-electron chi connectivity index (χ1n) is 9.69. The molecule has 0 saturated heterocycles. The van der Waals surface area contributed by atoms with Crippen molar-refractivity contribution in [1.29, 1.82) is 0 Å². The molecule has 4 rings (SSSR count). The smallest absolute Gasteiger partial charge is 0.273 e. The highest BCUT2D eigenvalue weighted by atomic mass is 16.2. The molecule has 8 nitrogen and oxygen atoms in total. The second-order valence-electron chi connectivity index (χ2n) is 7.19. The SMILES string of the molecule is O=C(CCn1[nH]c(=O)c2ccccc2c1=O)Nc1ccnn1C1CCCCC1. The maximum Gasteiger partial charge on any atom is 0.273 e. The Hall–Kier alpha value is -3.16. The number of benzene rings is 1. The number of aromatic nitrogens is 4. The number of hydrogen-bond donors (Lipinski definition) is 2. The summed E-state index contributed by atoms with van der Waals surface area (Å²) in [5.41, 5.74) is -0.652. The van der Waals surface area contributed by atoms with Gasteiger partial charge in [0, 0.05) is 12.5 Å². The Labute approximate surface area is 161 Å². The number of H-pyrrole nitrogens is 1. The summed E-state index contributed by atoms with van der Waals surface area (Å²) in [4.78, 5) is 37.1. The molecule has 2 aromatic heterocycles. The third-order valence-corrected chi connectivity index (χ3v) is 5.30. The summed E-state index contributed by atoms with van der Waals surface area (Å²) in [6, 6.07) is 8.76. The topological polar surface area (TPSA) is 102 Å². The van der Waals surface area contributed by atoms with Crippen LogP contribution in [0.4, 0.5) is 5.82 Å². The summed E-state index contributed by atoms with van der Waals surface area (Å²) in [6.45, 7) is 0.0995.